The molecule has 0 aromatic heterocycles. The molecule has 0 N–H and O–H groups in total. The van der Waals surface area contributed by atoms with Crippen LogP contribution >= 0.6 is 0 Å². The van der Waals surface area contributed by atoms with Gasteiger partial charge < -0.3 is 4.74 Å². The van der Waals surface area contributed by atoms with Gasteiger partial charge in [-0.05, 0) is 36.6 Å². The summed E-state index contributed by atoms with van der Waals surface area (Å²) in [7, 11) is 0. The summed E-state index contributed by atoms with van der Waals surface area (Å²) in [6, 6.07) is 9.32. The molecule has 0 spiro atoms. The summed E-state index contributed by atoms with van der Waals surface area (Å²) in [5.41, 5.74) is 1.92. The second-order valence-electron chi connectivity index (χ2n) is 4.65. The molecule has 0 aliphatic heterocycles. The lowest BCUT2D eigenvalue weighted by atomic mass is 10.1. The molecule has 0 aliphatic carbocycles. The van der Waals surface area contributed by atoms with Gasteiger partial charge in [-0.25, -0.2) is 0 Å². The Kier molecular flexibility index (Phi) is 6.64. The van der Waals surface area contributed by atoms with Gasteiger partial charge in [-0.1, -0.05) is 26.7 Å². The van der Waals surface area contributed by atoms with Crippen molar-refractivity contribution in [1.29, 1.82) is 10.5 Å². The third-order valence-corrected chi connectivity index (χ3v) is 2.96. The number of hydrogen-bond acceptors (Lipinski definition) is 3. The minimum atomic E-state index is 0.270. The Bertz CT molecular complexity index is 444. The van der Waals surface area contributed by atoms with E-state index in [-0.39, 0.29) is 6.10 Å². The molecule has 1 rings (SSSR count). The Labute approximate surface area is 115 Å². The van der Waals surface area contributed by atoms with Crippen LogP contribution < -0.4 is 0 Å². The quantitative estimate of drug-likeness (QED) is 0.743. The fourth-order valence-electron chi connectivity index (χ4n) is 2.07. The number of ether oxygens (including phenoxy) is 1. The summed E-state index contributed by atoms with van der Waals surface area (Å²) in [5, 5.41) is 17.9. The van der Waals surface area contributed by atoms with Crippen LogP contribution in [0.5, 0.6) is 0 Å². The normalized spacial score (nSPS) is 10.2. The second kappa shape index (κ2) is 8.29. The number of nitriles is 2. The largest absolute Gasteiger partial charge is 0.374 e. The number of hydrogen-bond donors (Lipinski definition) is 0. The third-order valence-electron chi connectivity index (χ3n) is 2.96. The molecule has 0 heterocycles. The molecule has 3 nitrogen and oxygen atoms in total. The first-order valence-corrected chi connectivity index (χ1v) is 6.79. The lowest BCUT2D eigenvalue weighted by molar-refractivity contribution is 0.0285. The van der Waals surface area contributed by atoms with Gasteiger partial charge in [0.05, 0.1) is 36.0 Å². The van der Waals surface area contributed by atoms with E-state index in [1.165, 1.54) is 0 Å². The summed E-state index contributed by atoms with van der Waals surface area (Å²) in [6.45, 7) is 4.76. The lowest BCUT2D eigenvalue weighted by Crippen LogP contribution is -2.12. The van der Waals surface area contributed by atoms with Crippen LogP contribution in [0.25, 0.3) is 0 Å². The van der Waals surface area contributed by atoms with Gasteiger partial charge in [-0.15, -0.1) is 0 Å². The first-order chi connectivity index (χ1) is 9.23. The van der Waals surface area contributed by atoms with E-state index in [1.807, 2.05) is 0 Å². The van der Waals surface area contributed by atoms with Crippen LogP contribution in [0.3, 0.4) is 0 Å². The van der Waals surface area contributed by atoms with E-state index in [0.29, 0.717) is 17.7 Å². The van der Waals surface area contributed by atoms with Crippen molar-refractivity contribution in [3.05, 3.63) is 34.9 Å². The topological polar surface area (TPSA) is 56.8 Å². The van der Waals surface area contributed by atoms with E-state index in [4.69, 9.17) is 15.3 Å². The summed E-state index contributed by atoms with van der Waals surface area (Å²) in [5.74, 6) is 0. The number of benzene rings is 1. The van der Waals surface area contributed by atoms with Crippen molar-refractivity contribution in [2.24, 2.45) is 0 Å². The predicted octanol–water partition coefficient (Wildman–Crippen LogP) is 3.92. The zero-order valence-corrected chi connectivity index (χ0v) is 11.6. The highest BCUT2D eigenvalue weighted by Crippen LogP contribution is 2.15. The smallest absolute Gasteiger partial charge is 0.0992 e. The number of nitrogens with zero attached hydrogens (tertiary/aromatic N) is 2. The standard InChI is InChI=1S/C16H20N2O/c1-3-5-16(6-4-2)19-12-15-8-13(10-17)7-14(9-15)11-18/h7-9,16H,3-6,12H2,1-2H3. The van der Waals surface area contributed by atoms with Crippen molar-refractivity contribution in [2.45, 2.75) is 52.2 Å². The van der Waals surface area contributed by atoms with Gasteiger partial charge >= 0.3 is 0 Å². The maximum Gasteiger partial charge on any atom is 0.0992 e. The molecule has 0 amide bonds. The minimum absolute atomic E-state index is 0.270. The molecule has 0 unspecified atom stereocenters. The molecule has 100 valence electrons. The fraction of sp³-hybridized carbons (Fsp3) is 0.500. The van der Waals surface area contributed by atoms with Crippen molar-refractivity contribution in [3.8, 4) is 12.1 Å². The number of rotatable bonds is 7. The van der Waals surface area contributed by atoms with Crippen LogP contribution in [0, 0.1) is 22.7 Å². The average Bonchev–Trinajstić information content (AvgIpc) is 2.44. The molecule has 1 aromatic carbocycles. The molecule has 0 radical (unpaired) electrons. The Morgan fingerprint density at radius 1 is 1.00 bits per heavy atom. The molecule has 0 bridgehead atoms. The summed E-state index contributed by atoms with van der Waals surface area (Å²) < 4.78 is 5.89. The van der Waals surface area contributed by atoms with E-state index < -0.39 is 0 Å². The highest BCUT2D eigenvalue weighted by molar-refractivity contribution is 5.42. The van der Waals surface area contributed by atoms with Crippen LogP contribution in [0.1, 0.15) is 56.2 Å². The van der Waals surface area contributed by atoms with Crippen LogP contribution in [-0.4, -0.2) is 6.10 Å². The highest BCUT2D eigenvalue weighted by atomic mass is 16.5. The maximum atomic E-state index is 8.93. The molecule has 0 aliphatic rings. The second-order valence-corrected chi connectivity index (χ2v) is 4.65. The van der Waals surface area contributed by atoms with Gasteiger partial charge in [0.25, 0.3) is 0 Å². The van der Waals surface area contributed by atoms with Gasteiger partial charge in [0.2, 0.25) is 0 Å². The Balaban J connectivity index is 2.71. The fourth-order valence-corrected chi connectivity index (χ4v) is 2.07. The van der Waals surface area contributed by atoms with Gasteiger partial charge in [0, 0.05) is 0 Å². The van der Waals surface area contributed by atoms with Gasteiger partial charge in [0.1, 0.15) is 0 Å². The average molecular weight is 256 g/mol. The molecule has 3 heteroatoms. The van der Waals surface area contributed by atoms with Crippen LogP contribution in [-0.2, 0) is 11.3 Å². The minimum Gasteiger partial charge on any atom is -0.374 e. The summed E-state index contributed by atoms with van der Waals surface area (Å²) in [4.78, 5) is 0. The van der Waals surface area contributed by atoms with Crippen molar-refractivity contribution < 1.29 is 4.74 Å². The van der Waals surface area contributed by atoms with Gasteiger partial charge in [-0.2, -0.15) is 10.5 Å². The monoisotopic (exact) mass is 256 g/mol. The van der Waals surface area contributed by atoms with E-state index in [0.717, 1.165) is 31.2 Å². The van der Waals surface area contributed by atoms with E-state index in [1.54, 1.807) is 18.2 Å². The summed E-state index contributed by atoms with van der Waals surface area (Å²) >= 11 is 0. The molecule has 0 fully saturated rings. The first kappa shape index (κ1) is 15.2. The molecule has 0 atom stereocenters. The van der Waals surface area contributed by atoms with Crippen LogP contribution in [0.4, 0.5) is 0 Å². The van der Waals surface area contributed by atoms with E-state index >= 15 is 0 Å². The molecular formula is C16H20N2O. The Morgan fingerprint density at radius 2 is 1.53 bits per heavy atom. The van der Waals surface area contributed by atoms with E-state index in [9.17, 15) is 0 Å². The zero-order valence-electron chi connectivity index (χ0n) is 11.6. The van der Waals surface area contributed by atoms with Crippen molar-refractivity contribution in [3.63, 3.8) is 0 Å². The van der Waals surface area contributed by atoms with Crippen molar-refractivity contribution >= 4 is 0 Å². The van der Waals surface area contributed by atoms with Crippen LogP contribution in [0.2, 0.25) is 0 Å². The molecule has 0 saturated carbocycles. The summed E-state index contributed by atoms with van der Waals surface area (Å²) in [6.07, 6.45) is 4.58. The Morgan fingerprint density at radius 3 is 1.95 bits per heavy atom. The predicted molar refractivity (Wildman–Crippen MR) is 74.3 cm³/mol. The van der Waals surface area contributed by atoms with Gasteiger partial charge in [0.15, 0.2) is 0 Å². The maximum absolute atomic E-state index is 8.93. The Hall–Kier alpha value is -1.84. The lowest BCUT2D eigenvalue weighted by Gasteiger charge is -2.16. The highest BCUT2D eigenvalue weighted by Gasteiger charge is 2.08. The molecule has 0 saturated heterocycles. The molecular weight excluding hydrogens is 236 g/mol. The SMILES string of the molecule is CCCC(CCC)OCc1cc(C#N)cc(C#N)c1. The molecule has 19 heavy (non-hydrogen) atoms. The van der Waals surface area contributed by atoms with E-state index in [2.05, 4.69) is 26.0 Å². The van der Waals surface area contributed by atoms with Crippen LogP contribution in [0.15, 0.2) is 18.2 Å². The molecule has 1 aromatic rings. The van der Waals surface area contributed by atoms with Crippen molar-refractivity contribution in [1.82, 2.24) is 0 Å². The van der Waals surface area contributed by atoms with Gasteiger partial charge in [-0.3, -0.25) is 0 Å². The first-order valence-electron chi connectivity index (χ1n) is 6.79. The zero-order chi connectivity index (χ0) is 14.1. The van der Waals surface area contributed by atoms with Crippen molar-refractivity contribution in [2.75, 3.05) is 0 Å². The third kappa shape index (κ3) is 5.12.